The van der Waals surface area contributed by atoms with Gasteiger partial charge in [-0.1, -0.05) is 35.9 Å². The third-order valence-electron chi connectivity index (χ3n) is 4.00. The molecule has 0 fully saturated rings. The molecule has 0 amide bonds. The summed E-state index contributed by atoms with van der Waals surface area (Å²) in [6, 6.07) is 15.1. The van der Waals surface area contributed by atoms with Crippen molar-refractivity contribution in [2.75, 3.05) is 7.11 Å². The Hall–Kier alpha value is -2.79. The Morgan fingerprint density at radius 3 is 2.62 bits per heavy atom. The first-order valence-electron chi connectivity index (χ1n) is 7.46. The highest BCUT2D eigenvalue weighted by Gasteiger charge is 2.13. The SMILES string of the molecule is COc1ccc(Cn2cc(Cl)n3c(nc4ccccc43)c2=O)cc1. The van der Waals surface area contributed by atoms with E-state index in [4.69, 9.17) is 16.3 Å². The molecule has 0 aliphatic rings. The van der Waals surface area contributed by atoms with Gasteiger partial charge in [-0.3, -0.25) is 9.20 Å². The maximum absolute atomic E-state index is 12.8. The first kappa shape index (κ1) is 14.8. The number of rotatable bonds is 3. The average molecular weight is 340 g/mol. The number of ether oxygens (including phenoxy) is 1. The van der Waals surface area contributed by atoms with Crippen LogP contribution in [0.3, 0.4) is 0 Å². The molecule has 0 aliphatic heterocycles. The minimum Gasteiger partial charge on any atom is -0.497 e. The molecular weight excluding hydrogens is 326 g/mol. The second kappa shape index (κ2) is 5.69. The summed E-state index contributed by atoms with van der Waals surface area (Å²) in [5.74, 6) is 0.777. The third-order valence-corrected chi connectivity index (χ3v) is 4.27. The van der Waals surface area contributed by atoms with E-state index in [1.165, 1.54) is 0 Å². The van der Waals surface area contributed by atoms with Crippen molar-refractivity contribution in [3.8, 4) is 5.75 Å². The second-order valence-corrected chi connectivity index (χ2v) is 5.88. The lowest BCUT2D eigenvalue weighted by molar-refractivity contribution is 0.414. The number of halogens is 1. The van der Waals surface area contributed by atoms with Crippen LogP contribution in [0.25, 0.3) is 16.7 Å². The Morgan fingerprint density at radius 2 is 1.88 bits per heavy atom. The topological polar surface area (TPSA) is 48.5 Å². The van der Waals surface area contributed by atoms with E-state index in [-0.39, 0.29) is 5.56 Å². The smallest absolute Gasteiger partial charge is 0.294 e. The molecule has 120 valence electrons. The number of hydrogen-bond acceptors (Lipinski definition) is 3. The van der Waals surface area contributed by atoms with Gasteiger partial charge in [-0.15, -0.1) is 0 Å². The predicted octanol–water partition coefficient (Wildman–Crippen LogP) is 3.36. The number of benzene rings is 2. The van der Waals surface area contributed by atoms with Crippen LogP contribution >= 0.6 is 11.6 Å². The van der Waals surface area contributed by atoms with E-state index < -0.39 is 0 Å². The van der Waals surface area contributed by atoms with Crippen LogP contribution in [0.5, 0.6) is 5.75 Å². The molecular formula is C18H14ClN3O2. The monoisotopic (exact) mass is 339 g/mol. The molecule has 5 nitrogen and oxygen atoms in total. The van der Waals surface area contributed by atoms with E-state index in [1.807, 2.05) is 48.5 Å². The largest absolute Gasteiger partial charge is 0.497 e. The van der Waals surface area contributed by atoms with E-state index in [9.17, 15) is 4.79 Å². The quantitative estimate of drug-likeness (QED) is 0.575. The van der Waals surface area contributed by atoms with Crippen molar-refractivity contribution < 1.29 is 4.74 Å². The van der Waals surface area contributed by atoms with E-state index >= 15 is 0 Å². The van der Waals surface area contributed by atoms with Gasteiger partial charge in [0, 0.05) is 6.20 Å². The molecule has 0 saturated carbocycles. The second-order valence-electron chi connectivity index (χ2n) is 5.49. The summed E-state index contributed by atoms with van der Waals surface area (Å²) < 4.78 is 8.41. The summed E-state index contributed by atoms with van der Waals surface area (Å²) in [6.45, 7) is 0.419. The Kier molecular flexibility index (Phi) is 3.50. The molecule has 2 aromatic carbocycles. The molecule has 0 aliphatic carbocycles. The first-order chi connectivity index (χ1) is 11.7. The minimum atomic E-state index is -0.175. The summed E-state index contributed by atoms with van der Waals surface area (Å²) in [4.78, 5) is 17.2. The molecule has 4 rings (SSSR count). The van der Waals surface area contributed by atoms with E-state index in [0.29, 0.717) is 17.3 Å². The lowest BCUT2D eigenvalue weighted by Crippen LogP contribution is -2.22. The maximum Gasteiger partial charge on any atom is 0.294 e. The van der Waals surface area contributed by atoms with E-state index in [2.05, 4.69) is 4.98 Å². The lowest BCUT2D eigenvalue weighted by atomic mass is 10.2. The van der Waals surface area contributed by atoms with E-state index in [0.717, 1.165) is 22.3 Å². The molecule has 0 spiro atoms. The number of para-hydroxylation sites is 2. The molecule has 0 saturated heterocycles. The number of hydrogen-bond donors (Lipinski definition) is 0. The highest BCUT2D eigenvalue weighted by molar-refractivity contribution is 6.30. The summed E-state index contributed by atoms with van der Waals surface area (Å²) in [5, 5.41) is 0.451. The fourth-order valence-corrected chi connectivity index (χ4v) is 3.09. The number of fused-ring (bicyclic) bond motifs is 3. The van der Waals surface area contributed by atoms with Crippen molar-refractivity contribution >= 4 is 28.3 Å². The van der Waals surface area contributed by atoms with Crippen molar-refractivity contribution in [1.82, 2.24) is 14.0 Å². The fourth-order valence-electron chi connectivity index (χ4n) is 2.80. The van der Waals surface area contributed by atoms with Crippen molar-refractivity contribution in [2.24, 2.45) is 0 Å². The Balaban J connectivity index is 1.85. The van der Waals surface area contributed by atoms with Gasteiger partial charge in [0.15, 0.2) is 0 Å². The molecule has 0 N–H and O–H groups in total. The van der Waals surface area contributed by atoms with Crippen molar-refractivity contribution in [3.63, 3.8) is 0 Å². The Bertz CT molecular complexity index is 1100. The van der Waals surface area contributed by atoms with Crippen molar-refractivity contribution in [3.05, 3.63) is 75.8 Å². The highest BCUT2D eigenvalue weighted by Crippen LogP contribution is 2.20. The zero-order valence-electron chi connectivity index (χ0n) is 12.9. The zero-order valence-corrected chi connectivity index (χ0v) is 13.7. The normalized spacial score (nSPS) is 11.2. The maximum atomic E-state index is 12.8. The molecule has 2 aromatic heterocycles. The third kappa shape index (κ3) is 2.34. The van der Waals surface area contributed by atoms with Crippen LogP contribution in [0, 0.1) is 0 Å². The number of nitrogens with zero attached hydrogens (tertiary/aromatic N) is 3. The van der Waals surface area contributed by atoms with Crippen LogP contribution < -0.4 is 10.3 Å². The van der Waals surface area contributed by atoms with Crippen LogP contribution in [0.1, 0.15) is 5.56 Å². The van der Waals surface area contributed by atoms with E-state index in [1.54, 1.807) is 22.3 Å². The summed E-state index contributed by atoms with van der Waals surface area (Å²) >= 11 is 6.41. The standard InChI is InChI=1S/C18H14ClN3O2/c1-24-13-8-6-12(7-9-13)10-21-11-16(19)22-15-5-3-2-4-14(15)20-17(22)18(21)23/h2-9,11H,10H2,1H3. The average Bonchev–Trinajstić information content (AvgIpc) is 3.00. The predicted molar refractivity (Wildman–Crippen MR) is 94.1 cm³/mol. The first-order valence-corrected chi connectivity index (χ1v) is 7.84. The summed E-state index contributed by atoms with van der Waals surface area (Å²) in [7, 11) is 1.62. The minimum absolute atomic E-state index is 0.175. The lowest BCUT2D eigenvalue weighted by Gasteiger charge is -2.09. The molecule has 0 radical (unpaired) electrons. The van der Waals surface area contributed by atoms with Gasteiger partial charge in [0.1, 0.15) is 10.9 Å². The summed E-state index contributed by atoms with van der Waals surface area (Å²) in [5.41, 5.74) is 2.71. The van der Waals surface area contributed by atoms with Gasteiger partial charge in [-0.25, -0.2) is 4.98 Å². The molecule has 4 aromatic rings. The molecule has 6 heteroatoms. The zero-order chi connectivity index (χ0) is 16.7. The molecule has 0 bridgehead atoms. The molecule has 2 heterocycles. The van der Waals surface area contributed by atoms with Crippen molar-refractivity contribution in [1.29, 1.82) is 0 Å². The van der Waals surface area contributed by atoms with Gasteiger partial charge in [0.25, 0.3) is 5.56 Å². The number of methoxy groups -OCH3 is 1. The van der Waals surface area contributed by atoms with Crippen LogP contribution in [0.15, 0.2) is 59.5 Å². The van der Waals surface area contributed by atoms with Gasteiger partial charge in [-0.2, -0.15) is 0 Å². The fraction of sp³-hybridized carbons (Fsp3) is 0.111. The molecule has 0 atom stereocenters. The Labute approximate surface area is 142 Å². The van der Waals surface area contributed by atoms with Crippen LogP contribution in [-0.4, -0.2) is 21.1 Å². The molecule has 0 unspecified atom stereocenters. The van der Waals surface area contributed by atoms with Crippen LogP contribution in [0.4, 0.5) is 0 Å². The van der Waals surface area contributed by atoms with Gasteiger partial charge in [0.2, 0.25) is 5.65 Å². The van der Waals surface area contributed by atoms with Crippen LogP contribution in [-0.2, 0) is 6.54 Å². The van der Waals surface area contributed by atoms with Gasteiger partial charge in [0.05, 0.1) is 24.7 Å². The number of imidazole rings is 1. The van der Waals surface area contributed by atoms with Crippen molar-refractivity contribution in [2.45, 2.75) is 6.54 Å². The van der Waals surface area contributed by atoms with Gasteiger partial charge >= 0.3 is 0 Å². The van der Waals surface area contributed by atoms with Crippen LogP contribution in [0.2, 0.25) is 5.15 Å². The summed E-state index contributed by atoms with van der Waals surface area (Å²) in [6.07, 6.45) is 1.65. The van der Waals surface area contributed by atoms with Gasteiger partial charge in [-0.05, 0) is 29.8 Å². The Morgan fingerprint density at radius 1 is 1.12 bits per heavy atom. The highest BCUT2D eigenvalue weighted by atomic mass is 35.5. The molecule has 24 heavy (non-hydrogen) atoms. The number of aromatic nitrogens is 3. The van der Waals surface area contributed by atoms with Gasteiger partial charge < -0.3 is 9.30 Å².